The van der Waals surface area contributed by atoms with E-state index in [1.54, 1.807) is 0 Å². The summed E-state index contributed by atoms with van der Waals surface area (Å²) >= 11 is 0. The van der Waals surface area contributed by atoms with E-state index in [0.29, 0.717) is 0 Å². The van der Waals surface area contributed by atoms with Gasteiger partial charge in [0.05, 0.1) is 0 Å². The van der Waals surface area contributed by atoms with Crippen LogP contribution in [0.15, 0.2) is 18.2 Å². The van der Waals surface area contributed by atoms with Gasteiger partial charge in [-0.25, -0.2) is 0 Å². The van der Waals surface area contributed by atoms with Gasteiger partial charge in [0.15, 0.2) is 0 Å². The second-order valence-electron chi connectivity index (χ2n) is 2.90. The molecule has 0 aliphatic rings. The molecule has 0 spiro atoms. The fourth-order valence-electron chi connectivity index (χ4n) is 0.898. The quantitative estimate of drug-likeness (QED) is 0.666. The fourth-order valence-corrected chi connectivity index (χ4v) is 0.898. The van der Waals surface area contributed by atoms with Gasteiger partial charge < -0.3 is 0 Å². The molecule has 0 radical (unpaired) electrons. The first-order chi connectivity index (χ1) is 6.22. The van der Waals surface area contributed by atoms with Crippen molar-refractivity contribution >= 4 is 29.6 Å². The van der Waals surface area contributed by atoms with Crippen molar-refractivity contribution < 1.29 is 8.42 Å². The van der Waals surface area contributed by atoms with Gasteiger partial charge in [-0.3, -0.25) is 0 Å². The Balaban J connectivity index is 0.000000292. The zero-order valence-corrected chi connectivity index (χ0v) is 10.5. The van der Waals surface area contributed by atoms with Gasteiger partial charge in [-0.1, -0.05) is 18.2 Å². The van der Waals surface area contributed by atoms with E-state index in [0.717, 1.165) is 0 Å². The van der Waals surface area contributed by atoms with E-state index in [-0.39, 0.29) is 0 Å². The van der Waals surface area contributed by atoms with Crippen LogP contribution in [0.3, 0.4) is 0 Å². The lowest BCUT2D eigenvalue weighted by molar-refractivity contribution is 0.621. The molecule has 80 valence electrons. The van der Waals surface area contributed by atoms with E-state index in [4.69, 9.17) is 8.42 Å². The normalized spacial score (nSPS) is 10.4. The lowest BCUT2D eigenvalue weighted by atomic mass is 10.1. The molecule has 0 unspecified atom stereocenters. The third kappa shape index (κ3) is 7.18. The van der Waals surface area contributed by atoms with Gasteiger partial charge in [0.25, 0.3) is 0 Å². The van der Waals surface area contributed by atoms with Crippen molar-refractivity contribution in [2.24, 2.45) is 0 Å². The molecule has 0 aromatic heterocycles. The molecule has 0 fully saturated rings. The highest BCUT2D eigenvalue weighted by Gasteiger charge is 1.91. The summed E-state index contributed by atoms with van der Waals surface area (Å²) in [6.45, 7) is 6.44. The summed E-state index contributed by atoms with van der Waals surface area (Å²) in [4.78, 5) is 0. The second kappa shape index (κ2) is 5.59. The van der Waals surface area contributed by atoms with E-state index in [1.807, 2.05) is 0 Å². The Morgan fingerprint density at radius 2 is 1.29 bits per heavy atom. The topological polar surface area (TPSA) is 34.1 Å². The molecular weight excluding hydrogens is 243 g/mol. The summed E-state index contributed by atoms with van der Waals surface area (Å²) in [5, 5.41) is 0. The SMILES string of the molecule is Cc1cccc(C)c1C.O=S(=O)(Cl)Cl. The average molecular weight is 255 g/mol. The summed E-state index contributed by atoms with van der Waals surface area (Å²) < 4.78 is 18.3. The van der Waals surface area contributed by atoms with E-state index in [1.165, 1.54) is 16.7 Å². The number of aryl methyl sites for hydroxylation is 2. The van der Waals surface area contributed by atoms with Crippen LogP contribution in [0, 0.1) is 20.8 Å². The lowest BCUT2D eigenvalue weighted by Crippen LogP contribution is -1.82. The monoisotopic (exact) mass is 254 g/mol. The number of rotatable bonds is 0. The van der Waals surface area contributed by atoms with Gasteiger partial charge in [0.2, 0.25) is 0 Å². The molecule has 5 heteroatoms. The van der Waals surface area contributed by atoms with E-state index in [9.17, 15) is 0 Å². The van der Waals surface area contributed by atoms with Crippen LogP contribution in [0.25, 0.3) is 0 Å². The summed E-state index contributed by atoms with van der Waals surface area (Å²) in [6, 6.07) is 6.38. The van der Waals surface area contributed by atoms with Crippen molar-refractivity contribution in [1.29, 1.82) is 0 Å². The van der Waals surface area contributed by atoms with Crippen molar-refractivity contribution in [3.63, 3.8) is 0 Å². The van der Waals surface area contributed by atoms with Gasteiger partial charge in [-0.15, -0.1) is 0 Å². The van der Waals surface area contributed by atoms with Crippen LogP contribution in [-0.4, -0.2) is 8.42 Å². The van der Waals surface area contributed by atoms with Crippen LogP contribution < -0.4 is 0 Å². The Morgan fingerprint density at radius 3 is 1.50 bits per heavy atom. The largest absolute Gasteiger partial charge is 0.317 e. The van der Waals surface area contributed by atoms with Gasteiger partial charge in [0, 0.05) is 21.4 Å². The minimum Gasteiger partial charge on any atom is -0.195 e. The number of halogens is 2. The summed E-state index contributed by atoms with van der Waals surface area (Å²) in [5.74, 6) is 0. The Kier molecular flexibility index (Phi) is 5.49. The van der Waals surface area contributed by atoms with Crippen molar-refractivity contribution in [3.05, 3.63) is 34.9 Å². The molecule has 14 heavy (non-hydrogen) atoms. The van der Waals surface area contributed by atoms with Gasteiger partial charge in [-0.05, 0) is 37.5 Å². The number of hydrogen-bond donors (Lipinski definition) is 0. The van der Waals surface area contributed by atoms with Crippen LogP contribution in [0.5, 0.6) is 0 Å². The van der Waals surface area contributed by atoms with Crippen LogP contribution >= 0.6 is 21.4 Å². The van der Waals surface area contributed by atoms with Crippen molar-refractivity contribution in [1.82, 2.24) is 0 Å². The van der Waals surface area contributed by atoms with Crippen molar-refractivity contribution in [3.8, 4) is 0 Å². The number of hydrogen-bond acceptors (Lipinski definition) is 2. The van der Waals surface area contributed by atoms with Crippen molar-refractivity contribution in [2.45, 2.75) is 20.8 Å². The molecule has 1 aromatic rings. The molecule has 0 saturated carbocycles. The van der Waals surface area contributed by atoms with Gasteiger partial charge >= 0.3 is 8.26 Å². The predicted molar refractivity (Wildman–Crippen MR) is 61.3 cm³/mol. The van der Waals surface area contributed by atoms with E-state index >= 15 is 0 Å². The molecule has 0 aliphatic heterocycles. The lowest BCUT2D eigenvalue weighted by Gasteiger charge is -2.00. The Morgan fingerprint density at radius 1 is 1.00 bits per heavy atom. The molecule has 1 aromatic carbocycles. The molecule has 0 aliphatic carbocycles. The van der Waals surface area contributed by atoms with Crippen LogP contribution in [0.2, 0.25) is 0 Å². The van der Waals surface area contributed by atoms with E-state index < -0.39 is 8.26 Å². The first kappa shape index (κ1) is 13.8. The molecule has 2 nitrogen and oxygen atoms in total. The zero-order chi connectivity index (χ0) is 11.4. The second-order valence-corrected chi connectivity index (χ2v) is 6.56. The summed E-state index contributed by atoms with van der Waals surface area (Å²) in [7, 11) is 4.81. The standard InChI is InChI=1S/C9H12.Cl2O2S/c1-7-5-4-6-8(2)9(7)3;1-5(2,3)4/h4-6H,1-3H3;. The van der Waals surface area contributed by atoms with E-state index in [2.05, 4.69) is 60.3 Å². The first-order valence-corrected chi connectivity index (χ1v) is 7.02. The fraction of sp³-hybridized carbons (Fsp3) is 0.333. The third-order valence-corrected chi connectivity index (χ3v) is 1.88. The molecule has 0 bridgehead atoms. The summed E-state index contributed by atoms with van der Waals surface area (Å²) in [5.41, 5.74) is 4.18. The van der Waals surface area contributed by atoms with Crippen LogP contribution in [0.4, 0.5) is 0 Å². The zero-order valence-electron chi connectivity index (χ0n) is 8.21. The smallest absolute Gasteiger partial charge is 0.195 e. The first-order valence-electron chi connectivity index (χ1n) is 3.89. The third-order valence-electron chi connectivity index (χ3n) is 1.88. The Labute approximate surface area is 93.8 Å². The highest BCUT2D eigenvalue weighted by atomic mass is 36.0. The van der Waals surface area contributed by atoms with Crippen LogP contribution in [0.1, 0.15) is 16.7 Å². The van der Waals surface area contributed by atoms with Crippen molar-refractivity contribution in [2.75, 3.05) is 0 Å². The number of benzene rings is 1. The highest BCUT2D eigenvalue weighted by Crippen LogP contribution is 2.09. The molecular formula is C9H12Cl2O2S. The maximum absolute atomic E-state index is 9.16. The summed E-state index contributed by atoms with van der Waals surface area (Å²) in [6.07, 6.45) is 0. The molecule has 0 amide bonds. The highest BCUT2D eigenvalue weighted by molar-refractivity contribution is 8.31. The van der Waals surface area contributed by atoms with Crippen LogP contribution in [-0.2, 0) is 8.26 Å². The van der Waals surface area contributed by atoms with Gasteiger partial charge in [-0.2, -0.15) is 8.42 Å². The molecule has 1 rings (SSSR count). The van der Waals surface area contributed by atoms with Gasteiger partial charge in [0.1, 0.15) is 0 Å². The molecule has 0 N–H and O–H groups in total. The molecule has 0 atom stereocenters. The average Bonchev–Trinajstić information content (AvgIpc) is 1.97. The molecule has 0 heterocycles. The minimum atomic E-state index is -3.72. The minimum absolute atomic E-state index is 1.38. The maximum atomic E-state index is 9.16. The Hall–Kier alpha value is -0.250. The predicted octanol–water partition coefficient (Wildman–Crippen LogP) is 3.32. The molecule has 0 saturated heterocycles. The maximum Gasteiger partial charge on any atom is 0.317 e. The Bertz CT molecular complexity index is 371.